The van der Waals surface area contributed by atoms with E-state index >= 15 is 0 Å². The Balaban J connectivity index is 1.30. The van der Waals surface area contributed by atoms with Crippen LogP contribution in [0.5, 0.6) is 0 Å². The molecule has 6 nitrogen and oxygen atoms in total. The Morgan fingerprint density at radius 3 is 2.00 bits per heavy atom. The summed E-state index contributed by atoms with van der Waals surface area (Å²) in [6.07, 6.45) is 8.64. The van der Waals surface area contributed by atoms with Gasteiger partial charge in [-0.05, 0) is 25.7 Å². The van der Waals surface area contributed by atoms with Crippen LogP contribution in [0.4, 0.5) is 0 Å². The first kappa shape index (κ1) is 16.0. The Kier molecular flexibility index (Phi) is 3.92. The van der Waals surface area contributed by atoms with E-state index in [1.165, 1.54) is 12.8 Å². The highest BCUT2D eigenvalue weighted by Crippen LogP contribution is 2.48. The van der Waals surface area contributed by atoms with E-state index in [2.05, 4.69) is 0 Å². The fraction of sp³-hybridized carbons (Fsp3) is 1.00. The van der Waals surface area contributed by atoms with Crippen molar-refractivity contribution in [2.75, 3.05) is 6.61 Å². The molecule has 0 aromatic heterocycles. The predicted octanol–water partition coefficient (Wildman–Crippen LogP) is 2.22. The van der Waals surface area contributed by atoms with E-state index in [0.717, 1.165) is 51.4 Å². The second-order valence-electron chi connectivity index (χ2n) is 8.07. The van der Waals surface area contributed by atoms with Gasteiger partial charge in [-0.3, -0.25) is 0 Å². The summed E-state index contributed by atoms with van der Waals surface area (Å²) in [6, 6.07) is 0. The van der Waals surface area contributed by atoms with Crippen LogP contribution in [0.2, 0.25) is 0 Å². The third kappa shape index (κ3) is 2.54. The summed E-state index contributed by atoms with van der Waals surface area (Å²) in [7, 11) is 0. The maximum Gasteiger partial charge on any atom is 0.184 e. The Hall–Kier alpha value is -0.240. The summed E-state index contributed by atoms with van der Waals surface area (Å²) in [4.78, 5) is 0. The smallest absolute Gasteiger partial charge is 0.184 e. The molecule has 2 aliphatic carbocycles. The van der Waals surface area contributed by atoms with E-state index in [1.807, 2.05) is 0 Å². The topological polar surface area (TPSA) is 66.4 Å². The number of rotatable bonds is 1. The number of aliphatic hydroxyl groups excluding tert-OH is 1. The largest absolute Gasteiger partial charge is 0.366 e. The predicted molar refractivity (Wildman–Crippen MR) is 83.1 cm³/mol. The maximum atomic E-state index is 10.3. The molecular formula is C18H28O6. The van der Waals surface area contributed by atoms with Gasteiger partial charge in [0.1, 0.15) is 24.4 Å². The van der Waals surface area contributed by atoms with Gasteiger partial charge in [-0.1, -0.05) is 12.8 Å². The highest BCUT2D eigenvalue weighted by molar-refractivity contribution is 5.01. The van der Waals surface area contributed by atoms with Crippen molar-refractivity contribution in [3.05, 3.63) is 0 Å². The van der Waals surface area contributed by atoms with E-state index in [9.17, 15) is 5.11 Å². The zero-order valence-electron chi connectivity index (χ0n) is 14.2. The molecule has 3 aliphatic heterocycles. The molecule has 0 bridgehead atoms. The zero-order chi connectivity index (χ0) is 16.2. The van der Waals surface area contributed by atoms with Gasteiger partial charge in [0.05, 0.1) is 6.61 Å². The van der Waals surface area contributed by atoms with Crippen LogP contribution in [0.15, 0.2) is 0 Å². The van der Waals surface area contributed by atoms with Gasteiger partial charge in [-0.2, -0.15) is 0 Å². The average molecular weight is 340 g/mol. The molecule has 0 radical (unpaired) electrons. The molecule has 2 saturated carbocycles. The van der Waals surface area contributed by atoms with Gasteiger partial charge >= 0.3 is 0 Å². The third-order valence-corrected chi connectivity index (χ3v) is 6.40. The molecule has 5 rings (SSSR count). The van der Waals surface area contributed by atoms with Gasteiger partial charge in [-0.25, -0.2) is 0 Å². The number of hydrogen-bond acceptors (Lipinski definition) is 6. The lowest BCUT2D eigenvalue weighted by atomic mass is 9.94. The summed E-state index contributed by atoms with van der Waals surface area (Å²) < 4.78 is 30.6. The summed E-state index contributed by atoms with van der Waals surface area (Å²) in [5, 5.41) is 10.3. The van der Waals surface area contributed by atoms with Crippen LogP contribution in [0.3, 0.4) is 0 Å². The number of aliphatic hydroxyl groups is 1. The average Bonchev–Trinajstić information content (AvgIpc) is 3.24. The van der Waals surface area contributed by atoms with Crippen molar-refractivity contribution in [1.29, 1.82) is 0 Å². The minimum atomic E-state index is -0.937. The maximum absolute atomic E-state index is 10.3. The summed E-state index contributed by atoms with van der Waals surface area (Å²) in [5.41, 5.74) is 0. The SMILES string of the molecule is O[C@@H]1O[C@H]([C@@H]2COC3(CCCCC3)O2)[C@@H]2OC3(CCCCC3)O[C@@H]21. The molecule has 136 valence electrons. The van der Waals surface area contributed by atoms with Crippen LogP contribution in [-0.2, 0) is 23.7 Å². The molecule has 5 fully saturated rings. The van der Waals surface area contributed by atoms with E-state index < -0.39 is 24.0 Å². The summed E-state index contributed by atoms with van der Waals surface area (Å²) >= 11 is 0. The lowest BCUT2D eigenvalue weighted by Crippen LogP contribution is -2.43. The molecule has 24 heavy (non-hydrogen) atoms. The molecule has 5 atom stereocenters. The lowest BCUT2D eigenvalue weighted by Gasteiger charge is -2.35. The van der Waals surface area contributed by atoms with Crippen molar-refractivity contribution in [3.8, 4) is 0 Å². The second-order valence-corrected chi connectivity index (χ2v) is 8.07. The van der Waals surface area contributed by atoms with Crippen LogP contribution in [0.25, 0.3) is 0 Å². The molecule has 0 aromatic carbocycles. The van der Waals surface area contributed by atoms with Crippen LogP contribution in [-0.4, -0.2) is 54.0 Å². The van der Waals surface area contributed by atoms with Crippen molar-refractivity contribution < 1.29 is 28.8 Å². The van der Waals surface area contributed by atoms with Gasteiger partial charge in [0.2, 0.25) is 0 Å². The van der Waals surface area contributed by atoms with Crippen LogP contribution >= 0.6 is 0 Å². The third-order valence-electron chi connectivity index (χ3n) is 6.40. The zero-order valence-corrected chi connectivity index (χ0v) is 14.2. The molecular weight excluding hydrogens is 312 g/mol. The van der Waals surface area contributed by atoms with Crippen molar-refractivity contribution >= 4 is 0 Å². The van der Waals surface area contributed by atoms with Gasteiger partial charge in [-0.15, -0.1) is 0 Å². The molecule has 3 heterocycles. The Morgan fingerprint density at radius 2 is 1.29 bits per heavy atom. The summed E-state index contributed by atoms with van der Waals surface area (Å²) in [5.74, 6) is -0.949. The van der Waals surface area contributed by atoms with Crippen molar-refractivity contribution in [2.45, 2.75) is 106 Å². The van der Waals surface area contributed by atoms with Crippen molar-refractivity contribution in [2.24, 2.45) is 0 Å². The highest BCUT2D eigenvalue weighted by Gasteiger charge is 2.61. The van der Waals surface area contributed by atoms with Crippen LogP contribution in [0.1, 0.15) is 64.2 Å². The van der Waals surface area contributed by atoms with Crippen LogP contribution in [0, 0.1) is 0 Å². The Labute approximate surface area is 142 Å². The van der Waals surface area contributed by atoms with Crippen molar-refractivity contribution in [1.82, 2.24) is 0 Å². The first-order valence-corrected chi connectivity index (χ1v) is 9.70. The fourth-order valence-corrected chi connectivity index (χ4v) is 5.17. The van der Waals surface area contributed by atoms with Gasteiger partial charge in [0.15, 0.2) is 17.9 Å². The second kappa shape index (κ2) is 5.89. The molecule has 0 amide bonds. The number of fused-ring (bicyclic) bond motifs is 1. The first-order chi connectivity index (χ1) is 11.7. The van der Waals surface area contributed by atoms with Gasteiger partial charge in [0, 0.05) is 25.7 Å². The normalized spacial score (nSPS) is 46.6. The quantitative estimate of drug-likeness (QED) is 0.789. The molecule has 6 heteroatoms. The van der Waals surface area contributed by atoms with E-state index in [1.54, 1.807) is 0 Å². The molecule has 1 N–H and O–H groups in total. The van der Waals surface area contributed by atoms with Crippen molar-refractivity contribution in [3.63, 3.8) is 0 Å². The Bertz CT molecular complexity index is 470. The van der Waals surface area contributed by atoms with E-state index in [4.69, 9.17) is 23.7 Å². The molecule has 3 saturated heterocycles. The lowest BCUT2D eigenvalue weighted by molar-refractivity contribution is -0.260. The number of hydrogen-bond donors (Lipinski definition) is 1. The molecule has 0 aromatic rings. The highest BCUT2D eigenvalue weighted by atomic mass is 16.8. The van der Waals surface area contributed by atoms with Gasteiger partial charge < -0.3 is 28.8 Å². The first-order valence-electron chi connectivity index (χ1n) is 9.70. The fourth-order valence-electron chi connectivity index (χ4n) is 5.17. The number of ether oxygens (including phenoxy) is 5. The van der Waals surface area contributed by atoms with Gasteiger partial charge in [0.25, 0.3) is 0 Å². The standard InChI is InChI=1S/C18H28O6/c19-16-15-14(23-18(24-15)9-5-2-6-10-18)13(21-16)12-11-20-17(22-12)7-3-1-4-8-17/h12-16,19H,1-11H2/t12-,13+,14-,15-,16+/m0/s1. The Morgan fingerprint density at radius 1 is 0.667 bits per heavy atom. The van der Waals surface area contributed by atoms with E-state index in [-0.39, 0.29) is 18.3 Å². The van der Waals surface area contributed by atoms with Crippen LogP contribution < -0.4 is 0 Å². The molecule has 0 unspecified atom stereocenters. The van der Waals surface area contributed by atoms with E-state index in [0.29, 0.717) is 6.61 Å². The monoisotopic (exact) mass is 340 g/mol. The summed E-state index contributed by atoms with van der Waals surface area (Å²) in [6.45, 7) is 0.511. The minimum Gasteiger partial charge on any atom is -0.366 e. The minimum absolute atomic E-state index is 0.185. The molecule has 5 aliphatic rings. The molecule has 2 spiro atoms.